The van der Waals surface area contributed by atoms with Crippen molar-refractivity contribution in [2.24, 2.45) is 17.8 Å². The molecule has 158 valence electrons. The van der Waals surface area contributed by atoms with Crippen LogP contribution in [-0.2, 0) is 9.47 Å². The van der Waals surface area contributed by atoms with Crippen molar-refractivity contribution >= 4 is 12.1 Å². The molecule has 0 heterocycles. The van der Waals surface area contributed by atoms with Gasteiger partial charge in [-0.05, 0) is 55.6 Å². The van der Waals surface area contributed by atoms with Gasteiger partial charge in [-0.2, -0.15) is 0 Å². The molecule has 1 fully saturated rings. The van der Waals surface area contributed by atoms with E-state index in [2.05, 4.69) is 26.1 Å². The van der Waals surface area contributed by atoms with Gasteiger partial charge in [0.2, 0.25) is 0 Å². The molecule has 1 saturated carbocycles. The summed E-state index contributed by atoms with van der Waals surface area (Å²) in [4.78, 5) is 25.1. The zero-order valence-electron chi connectivity index (χ0n) is 17.7. The Labute approximate surface area is 173 Å². The fraction of sp³-hybridized carbons (Fsp3) is 0.583. The van der Waals surface area contributed by atoms with Gasteiger partial charge in [0.25, 0.3) is 0 Å². The lowest BCUT2D eigenvalue weighted by atomic mass is 9.75. The molecule has 29 heavy (non-hydrogen) atoms. The molecule has 5 nitrogen and oxygen atoms in total. The van der Waals surface area contributed by atoms with Gasteiger partial charge in [0.05, 0.1) is 11.6 Å². The second kappa shape index (κ2) is 9.95. The highest BCUT2D eigenvalue weighted by Crippen LogP contribution is 2.35. The Morgan fingerprint density at radius 2 is 1.79 bits per heavy atom. The van der Waals surface area contributed by atoms with Crippen molar-refractivity contribution in [3.05, 3.63) is 48.0 Å². The molecule has 3 rings (SSSR count). The molecule has 0 unspecified atom stereocenters. The maximum Gasteiger partial charge on any atom is 0.408 e. The monoisotopic (exact) mass is 399 g/mol. The highest BCUT2D eigenvalue weighted by molar-refractivity contribution is 5.89. The normalized spacial score (nSPS) is 29.3. The van der Waals surface area contributed by atoms with Crippen LogP contribution in [-0.4, -0.2) is 30.3 Å². The molecule has 2 aliphatic rings. The Morgan fingerprint density at radius 1 is 1.03 bits per heavy atom. The summed E-state index contributed by atoms with van der Waals surface area (Å²) < 4.78 is 11.5. The summed E-state index contributed by atoms with van der Waals surface area (Å²) in [6.07, 6.45) is 7.71. The van der Waals surface area contributed by atoms with Crippen molar-refractivity contribution < 1.29 is 19.1 Å². The first-order valence-electron chi connectivity index (χ1n) is 10.8. The fourth-order valence-corrected chi connectivity index (χ4v) is 4.42. The highest BCUT2D eigenvalue weighted by Gasteiger charge is 2.34. The molecular formula is C24H33NO4. The van der Waals surface area contributed by atoms with E-state index in [1.807, 2.05) is 18.2 Å². The molecule has 0 spiro atoms. The van der Waals surface area contributed by atoms with E-state index >= 15 is 0 Å². The van der Waals surface area contributed by atoms with Crippen LogP contribution in [0.5, 0.6) is 0 Å². The summed E-state index contributed by atoms with van der Waals surface area (Å²) in [5.41, 5.74) is 0.513. The number of amides is 1. The average Bonchev–Trinajstić information content (AvgIpc) is 2.70. The Balaban J connectivity index is 1.59. The number of hydrogen-bond donors (Lipinski definition) is 1. The number of carbonyl (C=O) groups is 2. The van der Waals surface area contributed by atoms with E-state index in [1.54, 1.807) is 24.3 Å². The predicted molar refractivity (Wildman–Crippen MR) is 113 cm³/mol. The summed E-state index contributed by atoms with van der Waals surface area (Å²) in [5, 5.41) is 2.92. The van der Waals surface area contributed by atoms with Gasteiger partial charge in [0.15, 0.2) is 0 Å². The maximum absolute atomic E-state index is 12.6. The third kappa shape index (κ3) is 5.84. The number of allylic oxidation sites excluding steroid dienone is 1. The van der Waals surface area contributed by atoms with E-state index in [-0.39, 0.29) is 18.1 Å². The van der Waals surface area contributed by atoms with Gasteiger partial charge in [0, 0.05) is 0 Å². The number of carbonyl (C=O) groups excluding carboxylic acids is 2. The number of benzene rings is 1. The third-order valence-corrected chi connectivity index (χ3v) is 6.13. The van der Waals surface area contributed by atoms with Gasteiger partial charge < -0.3 is 14.8 Å². The van der Waals surface area contributed by atoms with Crippen molar-refractivity contribution in [1.82, 2.24) is 5.32 Å². The molecule has 0 radical (unpaired) electrons. The van der Waals surface area contributed by atoms with Gasteiger partial charge in [-0.3, -0.25) is 0 Å². The quantitative estimate of drug-likeness (QED) is 0.551. The van der Waals surface area contributed by atoms with Crippen LogP contribution in [0.25, 0.3) is 0 Å². The second-order valence-electron chi connectivity index (χ2n) is 8.76. The fourth-order valence-electron chi connectivity index (χ4n) is 4.42. The predicted octanol–water partition coefficient (Wildman–Crippen LogP) is 5.12. The van der Waals surface area contributed by atoms with E-state index < -0.39 is 12.2 Å². The van der Waals surface area contributed by atoms with Crippen LogP contribution in [0.15, 0.2) is 42.5 Å². The van der Waals surface area contributed by atoms with E-state index in [1.165, 1.54) is 6.42 Å². The molecule has 0 saturated heterocycles. The molecule has 5 heteroatoms. The molecule has 0 aromatic heterocycles. The molecular weight excluding hydrogens is 366 g/mol. The van der Waals surface area contributed by atoms with Crippen LogP contribution < -0.4 is 5.32 Å². The minimum atomic E-state index is -0.424. The van der Waals surface area contributed by atoms with Crippen molar-refractivity contribution in [3.63, 3.8) is 0 Å². The number of hydrogen-bond acceptors (Lipinski definition) is 4. The summed E-state index contributed by atoms with van der Waals surface area (Å²) in [7, 11) is 0. The van der Waals surface area contributed by atoms with E-state index in [0.717, 1.165) is 19.3 Å². The first-order chi connectivity index (χ1) is 13.9. The zero-order chi connectivity index (χ0) is 20.8. The van der Waals surface area contributed by atoms with Crippen LogP contribution in [0.3, 0.4) is 0 Å². The second-order valence-corrected chi connectivity index (χ2v) is 8.76. The summed E-state index contributed by atoms with van der Waals surface area (Å²) in [6, 6.07) is 8.56. The van der Waals surface area contributed by atoms with Crippen LogP contribution in [0.1, 0.15) is 63.2 Å². The van der Waals surface area contributed by atoms with Gasteiger partial charge in [-0.25, -0.2) is 9.59 Å². The van der Waals surface area contributed by atoms with Gasteiger partial charge in [-0.15, -0.1) is 0 Å². The lowest BCUT2D eigenvalue weighted by Gasteiger charge is -2.37. The largest absolute Gasteiger partial charge is 0.456 e. The summed E-state index contributed by atoms with van der Waals surface area (Å²) >= 11 is 0. The first-order valence-corrected chi connectivity index (χ1v) is 10.8. The molecule has 2 aliphatic carbocycles. The molecule has 0 bridgehead atoms. The Morgan fingerprint density at radius 3 is 2.52 bits per heavy atom. The Kier molecular flexibility index (Phi) is 7.34. The molecule has 1 amide bonds. The SMILES string of the molecule is CC(C)[C@@H]1CC[C@@H](C)C[C@H]1OC(=O)N[C@@H]1C=CCC[C@H]1OC(=O)c1ccccc1. The van der Waals surface area contributed by atoms with Crippen LogP contribution in [0.2, 0.25) is 0 Å². The maximum atomic E-state index is 12.6. The van der Waals surface area contributed by atoms with Crippen LogP contribution in [0.4, 0.5) is 4.79 Å². The van der Waals surface area contributed by atoms with Crippen molar-refractivity contribution in [2.75, 3.05) is 0 Å². The van der Waals surface area contributed by atoms with Gasteiger partial charge >= 0.3 is 12.1 Å². The van der Waals surface area contributed by atoms with Gasteiger partial charge in [-0.1, -0.05) is 57.5 Å². The number of nitrogens with one attached hydrogen (secondary N) is 1. The molecule has 1 aromatic rings. The topological polar surface area (TPSA) is 64.6 Å². The zero-order valence-corrected chi connectivity index (χ0v) is 17.7. The number of esters is 1. The summed E-state index contributed by atoms with van der Waals surface area (Å²) in [5.74, 6) is 1.07. The van der Waals surface area contributed by atoms with Crippen LogP contribution >= 0.6 is 0 Å². The number of alkyl carbamates (subject to hydrolysis) is 1. The Hall–Kier alpha value is -2.30. The lowest BCUT2D eigenvalue weighted by molar-refractivity contribution is -0.00142. The average molecular weight is 400 g/mol. The highest BCUT2D eigenvalue weighted by atomic mass is 16.6. The molecule has 1 aromatic carbocycles. The van der Waals surface area contributed by atoms with Gasteiger partial charge in [0.1, 0.15) is 12.2 Å². The number of ether oxygens (including phenoxy) is 2. The van der Waals surface area contributed by atoms with Crippen molar-refractivity contribution in [3.8, 4) is 0 Å². The number of rotatable bonds is 5. The third-order valence-electron chi connectivity index (χ3n) is 6.13. The van der Waals surface area contributed by atoms with Crippen LogP contribution in [0, 0.1) is 17.8 Å². The molecule has 0 aliphatic heterocycles. The first kappa shape index (κ1) is 21.4. The summed E-state index contributed by atoms with van der Waals surface area (Å²) in [6.45, 7) is 6.60. The standard InChI is InChI=1S/C24H33NO4/c1-16(2)19-14-13-17(3)15-22(19)29-24(27)25-20-11-7-8-12-21(20)28-23(26)18-9-5-4-6-10-18/h4-7,9-11,16-17,19-22H,8,12-15H2,1-3H3,(H,25,27)/t17-,19+,20-,21-,22-/m1/s1. The minimum Gasteiger partial charge on any atom is -0.456 e. The van der Waals surface area contributed by atoms with E-state index in [0.29, 0.717) is 29.7 Å². The van der Waals surface area contributed by atoms with Crippen molar-refractivity contribution in [1.29, 1.82) is 0 Å². The molecule has 5 atom stereocenters. The van der Waals surface area contributed by atoms with E-state index in [9.17, 15) is 9.59 Å². The van der Waals surface area contributed by atoms with E-state index in [4.69, 9.17) is 9.47 Å². The lowest BCUT2D eigenvalue weighted by Crippen LogP contribution is -2.47. The smallest absolute Gasteiger partial charge is 0.408 e. The van der Waals surface area contributed by atoms with Crippen molar-refractivity contribution in [2.45, 2.75) is 71.1 Å². The minimum absolute atomic E-state index is 0.0587. The Bertz CT molecular complexity index is 715. The molecule has 1 N–H and O–H groups in total.